The van der Waals surface area contributed by atoms with Crippen LogP contribution in [0.2, 0.25) is 0 Å². The van der Waals surface area contributed by atoms with Gasteiger partial charge in [-0.15, -0.1) is 0 Å². The zero-order valence-corrected chi connectivity index (χ0v) is 16.9. The Morgan fingerprint density at radius 2 is 1.74 bits per heavy atom. The first-order valence-corrected chi connectivity index (χ1v) is 10.2. The van der Waals surface area contributed by atoms with Gasteiger partial charge in [-0.25, -0.2) is 4.90 Å². The Balaban J connectivity index is 1.28. The Morgan fingerprint density at radius 1 is 1.03 bits per heavy atom. The van der Waals surface area contributed by atoms with Gasteiger partial charge in [0.15, 0.2) is 0 Å². The highest BCUT2D eigenvalue weighted by Gasteiger charge is 2.37. The summed E-state index contributed by atoms with van der Waals surface area (Å²) in [7, 11) is 0. The SMILES string of the molecule is CC1CC1c1ccc(/C=C/C(=O)Nc2cccc(N3C(=O)c4ccccc4C3=O)c2)o1. The minimum absolute atomic E-state index is 0.336. The number of hydrogen-bond acceptors (Lipinski definition) is 4. The first-order chi connectivity index (χ1) is 15.0. The molecule has 3 aromatic rings. The van der Waals surface area contributed by atoms with Crippen molar-refractivity contribution >= 4 is 35.2 Å². The Kier molecular flexibility index (Phi) is 4.55. The molecule has 2 aromatic carbocycles. The summed E-state index contributed by atoms with van der Waals surface area (Å²) in [5.74, 6) is 1.65. The van der Waals surface area contributed by atoms with Crippen LogP contribution in [0.3, 0.4) is 0 Å². The van der Waals surface area contributed by atoms with Crippen molar-refractivity contribution < 1.29 is 18.8 Å². The monoisotopic (exact) mass is 412 g/mol. The number of benzene rings is 2. The van der Waals surface area contributed by atoms with Crippen LogP contribution in [0.4, 0.5) is 11.4 Å². The Hall–Kier alpha value is -3.93. The van der Waals surface area contributed by atoms with Crippen LogP contribution < -0.4 is 10.2 Å². The molecule has 0 bridgehead atoms. The smallest absolute Gasteiger partial charge is 0.266 e. The highest BCUT2D eigenvalue weighted by Crippen LogP contribution is 2.47. The van der Waals surface area contributed by atoms with E-state index >= 15 is 0 Å². The van der Waals surface area contributed by atoms with E-state index in [1.807, 2.05) is 12.1 Å². The van der Waals surface area contributed by atoms with Crippen molar-refractivity contribution in [2.24, 2.45) is 5.92 Å². The highest BCUT2D eigenvalue weighted by atomic mass is 16.3. The number of fused-ring (bicyclic) bond motifs is 1. The van der Waals surface area contributed by atoms with Crippen LogP contribution in [0.5, 0.6) is 0 Å². The maximum absolute atomic E-state index is 12.7. The predicted octanol–water partition coefficient (Wildman–Crippen LogP) is 4.86. The summed E-state index contributed by atoms with van der Waals surface area (Å²) in [4.78, 5) is 38.8. The zero-order valence-electron chi connectivity index (χ0n) is 16.9. The highest BCUT2D eigenvalue weighted by molar-refractivity contribution is 6.34. The normalized spacial score (nSPS) is 19.7. The van der Waals surface area contributed by atoms with Crippen LogP contribution in [0.1, 0.15) is 51.5 Å². The van der Waals surface area contributed by atoms with Crippen LogP contribution in [0.25, 0.3) is 6.08 Å². The van der Waals surface area contributed by atoms with E-state index in [4.69, 9.17) is 4.42 Å². The fourth-order valence-corrected chi connectivity index (χ4v) is 3.86. The van der Waals surface area contributed by atoms with E-state index in [1.54, 1.807) is 54.6 Å². The van der Waals surface area contributed by atoms with Gasteiger partial charge in [0, 0.05) is 17.7 Å². The Bertz CT molecular complexity index is 1200. The molecule has 2 atom stereocenters. The third kappa shape index (κ3) is 3.57. The largest absolute Gasteiger partial charge is 0.461 e. The van der Waals surface area contributed by atoms with Crippen molar-refractivity contribution in [1.82, 2.24) is 0 Å². The maximum atomic E-state index is 12.7. The lowest BCUT2D eigenvalue weighted by Crippen LogP contribution is -2.29. The van der Waals surface area contributed by atoms with E-state index in [2.05, 4.69) is 12.2 Å². The first kappa shape index (κ1) is 19.1. The minimum atomic E-state index is -0.373. The molecule has 1 saturated carbocycles. The van der Waals surface area contributed by atoms with Crippen LogP contribution in [-0.4, -0.2) is 17.7 Å². The van der Waals surface area contributed by atoms with Gasteiger partial charge in [-0.1, -0.05) is 25.1 Å². The third-order valence-corrected chi connectivity index (χ3v) is 5.69. The number of amides is 3. The van der Waals surface area contributed by atoms with E-state index in [0.29, 0.717) is 40.1 Å². The summed E-state index contributed by atoms with van der Waals surface area (Å²) in [5.41, 5.74) is 1.64. The second-order valence-electron chi connectivity index (χ2n) is 7.92. The van der Waals surface area contributed by atoms with Crippen LogP contribution in [0.15, 0.2) is 71.2 Å². The third-order valence-electron chi connectivity index (χ3n) is 5.69. The summed E-state index contributed by atoms with van der Waals surface area (Å²) in [6, 6.07) is 17.2. The van der Waals surface area contributed by atoms with Crippen molar-refractivity contribution in [3.05, 3.63) is 89.4 Å². The van der Waals surface area contributed by atoms with E-state index in [0.717, 1.165) is 17.1 Å². The number of furan rings is 1. The molecule has 1 fully saturated rings. The molecule has 1 aliphatic carbocycles. The fraction of sp³-hybridized carbons (Fsp3) is 0.160. The van der Waals surface area contributed by atoms with Gasteiger partial charge in [0.2, 0.25) is 5.91 Å². The van der Waals surface area contributed by atoms with Crippen LogP contribution in [0, 0.1) is 5.92 Å². The van der Waals surface area contributed by atoms with Gasteiger partial charge in [0.05, 0.1) is 16.8 Å². The number of rotatable bonds is 5. The van der Waals surface area contributed by atoms with Gasteiger partial charge < -0.3 is 9.73 Å². The molecule has 1 aliphatic heterocycles. The van der Waals surface area contributed by atoms with Crippen molar-refractivity contribution in [3.8, 4) is 0 Å². The summed E-state index contributed by atoms with van der Waals surface area (Å²) in [6.07, 6.45) is 4.16. The van der Waals surface area contributed by atoms with Crippen molar-refractivity contribution in [2.45, 2.75) is 19.3 Å². The molecule has 2 heterocycles. The molecule has 6 nitrogen and oxygen atoms in total. The van der Waals surface area contributed by atoms with Crippen molar-refractivity contribution in [2.75, 3.05) is 10.2 Å². The van der Waals surface area contributed by atoms with Crippen molar-refractivity contribution in [3.63, 3.8) is 0 Å². The molecule has 1 aromatic heterocycles. The van der Waals surface area contributed by atoms with Crippen LogP contribution >= 0.6 is 0 Å². The second-order valence-corrected chi connectivity index (χ2v) is 7.92. The number of nitrogens with one attached hydrogen (secondary N) is 1. The summed E-state index contributed by atoms with van der Waals surface area (Å²) in [5, 5.41) is 2.76. The lowest BCUT2D eigenvalue weighted by molar-refractivity contribution is -0.111. The van der Waals surface area contributed by atoms with Gasteiger partial charge in [-0.3, -0.25) is 14.4 Å². The Morgan fingerprint density at radius 3 is 2.42 bits per heavy atom. The molecule has 5 rings (SSSR count). The standard InChI is InChI=1S/C25H20N2O4/c1-15-13-21(15)22-11-9-18(31-22)10-12-23(28)26-16-5-4-6-17(14-16)27-24(29)19-7-2-3-8-20(19)25(27)30/h2-12,14-15,21H,13H2,1H3,(H,26,28)/b12-10+. The van der Waals surface area contributed by atoms with E-state index in [9.17, 15) is 14.4 Å². The van der Waals surface area contributed by atoms with E-state index in [-0.39, 0.29) is 17.7 Å². The number of anilines is 2. The maximum Gasteiger partial charge on any atom is 0.266 e. The molecular weight excluding hydrogens is 392 g/mol. The van der Waals surface area contributed by atoms with Gasteiger partial charge in [0.25, 0.3) is 11.8 Å². The Labute approximate surface area is 179 Å². The topological polar surface area (TPSA) is 79.6 Å². The fourth-order valence-electron chi connectivity index (χ4n) is 3.86. The quantitative estimate of drug-likeness (QED) is 0.480. The number of imide groups is 1. The van der Waals surface area contributed by atoms with Crippen molar-refractivity contribution in [1.29, 1.82) is 0 Å². The lowest BCUT2D eigenvalue weighted by Gasteiger charge is -2.15. The minimum Gasteiger partial charge on any atom is -0.461 e. The van der Waals surface area contributed by atoms with E-state index in [1.165, 1.54) is 6.08 Å². The van der Waals surface area contributed by atoms with Gasteiger partial charge >= 0.3 is 0 Å². The molecule has 2 aliphatic rings. The average Bonchev–Trinajstić information content (AvgIpc) is 3.21. The summed E-state index contributed by atoms with van der Waals surface area (Å²) >= 11 is 0. The van der Waals surface area contributed by atoms with Gasteiger partial charge in [0.1, 0.15) is 11.5 Å². The molecule has 6 heteroatoms. The van der Waals surface area contributed by atoms with Gasteiger partial charge in [-0.2, -0.15) is 0 Å². The number of hydrogen-bond donors (Lipinski definition) is 1. The molecule has 154 valence electrons. The molecule has 2 unspecified atom stereocenters. The average molecular weight is 412 g/mol. The summed E-state index contributed by atoms with van der Waals surface area (Å²) in [6.45, 7) is 2.19. The second kappa shape index (κ2) is 7.40. The predicted molar refractivity (Wildman–Crippen MR) is 117 cm³/mol. The first-order valence-electron chi connectivity index (χ1n) is 10.2. The molecular formula is C25H20N2O4. The summed E-state index contributed by atoms with van der Waals surface area (Å²) < 4.78 is 5.77. The van der Waals surface area contributed by atoms with E-state index < -0.39 is 0 Å². The lowest BCUT2D eigenvalue weighted by atomic mass is 10.1. The number of carbonyl (C=O) groups excluding carboxylic acids is 3. The number of carbonyl (C=O) groups is 3. The molecule has 1 N–H and O–H groups in total. The zero-order chi connectivity index (χ0) is 21.5. The molecule has 31 heavy (non-hydrogen) atoms. The molecule has 0 spiro atoms. The molecule has 3 amide bonds. The molecule has 0 saturated heterocycles. The van der Waals surface area contributed by atoms with Gasteiger partial charge in [-0.05, 0) is 60.9 Å². The number of nitrogens with zero attached hydrogens (tertiary/aromatic N) is 1. The van der Waals surface area contributed by atoms with Crippen LogP contribution in [-0.2, 0) is 4.79 Å². The molecule has 0 radical (unpaired) electrons.